The van der Waals surface area contributed by atoms with Crippen molar-refractivity contribution in [2.45, 2.75) is 34.6 Å². The number of nitrogens with one attached hydrogen (secondary N) is 1. The van der Waals surface area contributed by atoms with Crippen LogP contribution in [0.5, 0.6) is 0 Å². The molecular formula is C13H25NO4. The molecule has 1 atom stereocenters. The Labute approximate surface area is 109 Å². The summed E-state index contributed by atoms with van der Waals surface area (Å²) in [7, 11) is 0. The summed E-state index contributed by atoms with van der Waals surface area (Å²) >= 11 is 0. The highest BCUT2D eigenvalue weighted by Crippen LogP contribution is 2.13. The fourth-order valence-electron chi connectivity index (χ4n) is 1.14. The first kappa shape index (κ1) is 19.0. The zero-order valence-electron chi connectivity index (χ0n) is 11.9. The van der Waals surface area contributed by atoms with Crippen molar-refractivity contribution in [1.82, 2.24) is 5.32 Å². The van der Waals surface area contributed by atoms with E-state index < -0.39 is 17.9 Å². The molecule has 1 unspecified atom stereocenters. The monoisotopic (exact) mass is 259 g/mol. The molecule has 5 nitrogen and oxygen atoms in total. The highest BCUT2D eigenvalue weighted by Gasteiger charge is 2.22. The SMILES string of the molecule is CC(C)C=C(C(=O)O)C(C)C(=O)O.CCNCC. The minimum atomic E-state index is -1.16. The van der Waals surface area contributed by atoms with E-state index in [0.29, 0.717) is 0 Å². The van der Waals surface area contributed by atoms with Crippen LogP contribution in [0.4, 0.5) is 0 Å². The number of allylic oxidation sites excluding steroid dienone is 1. The Morgan fingerprint density at radius 1 is 1.11 bits per heavy atom. The lowest BCUT2D eigenvalue weighted by atomic mass is 9.98. The first-order chi connectivity index (χ1) is 8.27. The van der Waals surface area contributed by atoms with E-state index in [4.69, 9.17) is 10.2 Å². The molecule has 0 aromatic carbocycles. The fourth-order valence-corrected chi connectivity index (χ4v) is 1.14. The van der Waals surface area contributed by atoms with Gasteiger partial charge in [-0.2, -0.15) is 0 Å². The molecule has 0 spiro atoms. The highest BCUT2D eigenvalue weighted by atomic mass is 16.4. The molecule has 0 saturated carbocycles. The average molecular weight is 259 g/mol. The Bertz CT molecular complexity index is 283. The van der Waals surface area contributed by atoms with Crippen LogP contribution >= 0.6 is 0 Å². The predicted octanol–water partition coefficient (Wildman–Crippen LogP) is 1.99. The Kier molecular flexibility index (Phi) is 11.4. The zero-order chi connectivity index (χ0) is 14.7. The molecular weight excluding hydrogens is 234 g/mol. The standard InChI is InChI=1S/C9H14O4.C4H11N/c1-5(2)4-7(9(12)13)6(3)8(10)11;1-3-5-4-2/h4-6H,1-3H3,(H,10,11)(H,12,13);5H,3-4H2,1-2H3. The largest absolute Gasteiger partial charge is 0.481 e. The topological polar surface area (TPSA) is 86.6 Å². The number of hydrogen-bond donors (Lipinski definition) is 3. The summed E-state index contributed by atoms with van der Waals surface area (Å²) in [6.07, 6.45) is 1.46. The second-order valence-electron chi connectivity index (χ2n) is 4.19. The molecule has 3 N–H and O–H groups in total. The van der Waals surface area contributed by atoms with Gasteiger partial charge in [0.2, 0.25) is 0 Å². The third-order valence-electron chi connectivity index (χ3n) is 2.10. The van der Waals surface area contributed by atoms with Gasteiger partial charge in [-0.05, 0) is 25.9 Å². The van der Waals surface area contributed by atoms with Crippen LogP contribution in [0.1, 0.15) is 34.6 Å². The number of hydrogen-bond acceptors (Lipinski definition) is 3. The number of carbonyl (C=O) groups is 2. The Morgan fingerprint density at radius 3 is 1.72 bits per heavy atom. The van der Waals surface area contributed by atoms with E-state index in [2.05, 4.69) is 19.2 Å². The normalized spacial score (nSPS) is 12.7. The van der Waals surface area contributed by atoms with Crippen molar-refractivity contribution in [1.29, 1.82) is 0 Å². The summed E-state index contributed by atoms with van der Waals surface area (Å²) in [4.78, 5) is 21.2. The molecule has 0 aromatic heterocycles. The van der Waals surface area contributed by atoms with E-state index in [0.717, 1.165) is 13.1 Å². The summed E-state index contributed by atoms with van der Waals surface area (Å²) in [5, 5.41) is 20.4. The summed E-state index contributed by atoms with van der Waals surface area (Å²) in [5.74, 6) is -3.20. The van der Waals surface area contributed by atoms with E-state index >= 15 is 0 Å². The van der Waals surface area contributed by atoms with Crippen molar-refractivity contribution in [3.63, 3.8) is 0 Å². The number of carboxylic acids is 2. The van der Waals surface area contributed by atoms with Gasteiger partial charge in [0, 0.05) is 5.57 Å². The van der Waals surface area contributed by atoms with E-state index in [9.17, 15) is 9.59 Å². The van der Waals surface area contributed by atoms with Crippen molar-refractivity contribution in [3.8, 4) is 0 Å². The first-order valence-corrected chi connectivity index (χ1v) is 6.16. The molecule has 0 bridgehead atoms. The Hall–Kier alpha value is -1.36. The summed E-state index contributed by atoms with van der Waals surface area (Å²) < 4.78 is 0. The van der Waals surface area contributed by atoms with Gasteiger partial charge in [-0.1, -0.05) is 33.8 Å². The highest BCUT2D eigenvalue weighted by molar-refractivity contribution is 5.93. The van der Waals surface area contributed by atoms with Gasteiger partial charge in [0.1, 0.15) is 0 Å². The molecule has 0 fully saturated rings. The van der Waals surface area contributed by atoms with Crippen LogP contribution in [0.15, 0.2) is 11.6 Å². The third kappa shape index (κ3) is 9.84. The molecule has 0 saturated heterocycles. The fraction of sp³-hybridized carbons (Fsp3) is 0.692. The molecule has 0 aliphatic carbocycles. The van der Waals surface area contributed by atoms with E-state index in [1.807, 2.05) is 0 Å². The van der Waals surface area contributed by atoms with Crippen LogP contribution < -0.4 is 5.32 Å². The van der Waals surface area contributed by atoms with Gasteiger partial charge in [-0.25, -0.2) is 4.79 Å². The van der Waals surface area contributed by atoms with E-state index in [1.165, 1.54) is 13.0 Å². The predicted molar refractivity (Wildman–Crippen MR) is 71.6 cm³/mol. The molecule has 0 aliphatic heterocycles. The van der Waals surface area contributed by atoms with Gasteiger partial charge < -0.3 is 15.5 Å². The van der Waals surface area contributed by atoms with E-state index in [1.54, 1.807) is 13.8 Å². The minimum Gasteiger partial charge on any atom is -0.481 e. The van der Waals surface area contributed by atoms with Crippen molar-refractivity contribution in [2.75, 3.05) is 13.1 Å². The second-order valence-corrected chi connectivity index (χ2v) is 4.19. The molecule has 0 aliphatic rings. The summed E-state index contributed by atoms with van der Waals surface area (Å²) in [5.41, 5.74) is -0.0532. The number of aliphatic carboxylic acids is 2. The summed E-state index contributed by atoms with van der Waals surface area (Å²) in [6.45, 7) is 11.4. The minimum absolute atomic E-state index is 0.0351. The molecule has 0 amide bonds. The molecule has 18 heavy (non-hydrogen) atoms. The van der Waals surface area contributed by atoms with Gasteiger partial charge >= 0.3 is 11.9 Å². The third-order valence-corrected chi connectivity index (χ3v) is 2.10. The van der Waals surface area contributed by atoms with Gasteiger partial charge in [-0.15, -0.1) is 0 Å². The first-order valence-electron chi connectivity index (χ1n) is 6.16. The van der Waals surface area contributed by atoms with Gasteiger partial charge in [0.15, 0.2) is 0 Å². The van der Waals surface area contributed by atoms with E-state index in [-0.39, 0.29) is 11.5 Å². The van der Waals surface area contributed by atoms with Crippen LogP contribution in [-0.4, -0.2) is 35.2 Å². The average Bonchev–Trinajstić information content (AvgIpc) is 2.26. The van der Waals surface area contributed by atoms with Gasteiger partial charge in [0.05, 0.1) is 5.92 Å². The van der Waals surface area contributed by atoms with Crippen LogP contribution in [0.25, 0.3) is 0 Å². The maximum absolute atomic E-state index is 10.6. The van der Waals surface area contributed by atoms with Crippen molar-refractivity contribution >= 4 is 11.9 Å². The number of carboxylic acid groups (broad SMARTS) is 2. The Morgan fingerprint density at radius 2 is 1.56 bits per heavy atom. The molecule has 0 radical (unpaired) electrons. The second kappa shape index (κ2) is 10.8. The quantitative estimate of drug-likeness (QED) is 0.635. The number of rotatable bonds is 6. The van der Waals surface area contributed by atoms with Crippen molar-refractivity contribution in [3.05, 3.63) is 11.6 Å². The van der Waals surface area contributed by atoms with Crippen molar-refractivity contribution in [2.24, 2.45) is 11.8 Å². The molecule has 0 rings (SSSR count). The molecule has 0 heterocycles. The van der Waals surface area contributed by atoms with Crippen LogP contribution in [0.2, 0.25) is 0 Å². The lowest BCUT2D eigenvalue weighted by Crippen LogP contribution is -2.18. The van der Waals surface area contributed by atoms with Gasteiger partial charge in [-0.3, -0.25) is 4.79 Å². The molecule has 5 heteroatoms. The summed E-state index contributed by atoms with van der Waals surface area (Å²) in [6, 6.07) is 0. The molecule has 106 valence electrons. The molecule has 0 aromatic rings. The lowest BCUT2D eigenvalue weighted by Gasteiger charge is -2.08. The lowest BCUT2D eigenvalue weighted by molar-refractivity contribution is -0.143. The maximum atomic E-state index is 10.6. The Balaban J connectivity index is 0. The smallest absolute Gasteiger partial charge is 0.332 e. The van der Waals surface area contributed by atoms with Crippen LogP contribution in [0, 0.1) is 11.8 Å². The van der Waals surface area contributed by atoms with Crippen LogP contribution in [0.3, 0.4) is 0 Å². The van der Waals surface area contributed by atoms with Gasteiger partial charge in [0.25, 0.3) is 0 Å². The zero-order valence-corrected chi connectivity index (χ0v) is 11.9. The van der Waals surface area contributed by atoms with Crippen molar-refractivity contribution < 1.29 is 19.8 Å². The van der Waals surface area contributed by atoms with Crippen LogP contribution in [-0.2, 0) is 9.59 Å². The maximum Gasteiger partial charge on any atom is 0.332 e.